The standard InChI is InChI=1S/C11H17NOS/c1-3-12-10-7-13-6-9(10)11-8(2)4-5-14-11/h4-5,9-10,12H,3,6-7H2,1-2H3. The van der Waals surface area contributed by atoms with Crippen molar-refractivity contribution >= 4 is 11.3 Å². The lowest BCUT2D eigenvalue weighted by atomic mass is 9.99. The van der Waals surface area contributed by atoms with E-state index in [9.17, 15) is 0 Å². The minimum absolute atomic E-state index is 0.511. The summed E-state index contributed by atoms with van der Waals surface area (Å²) in [4.78, 5) is 1.49. The van der Waals surface area contributed by atoms with Crippen LogP contribution in [0.5, 0.6) is 0 Å². The fraction of sp³-hybridized carbons (Fsp3) is 0.636. The molecule has 1 aliphatic heterocycles. The Bertz CT molecular complexity index is 297. The monoisotopic (exact) mass is 211 g/mol. The van der Waals surface area contributed by atoms with Crippen LogP contribution in [0.4, 0.5) is 0 Å². The first kappa shape index (κ1) is 10.1. The molecule has 0 bridgehead atoms. The highest BCUT2D eigenvalue weighted by molar-refractivity contribution is 7.10. The molecule has 2 atom stereocenters. The number of ether oxygens (including phenoxy) is 1. The summed E-state index contributed by atoms with van der Waals surface area (Å²) in [5.41, 5.74) is 1.41. The number of nitrogens with one attached hydrogen (secondary N) is 1. The van der Waals surface area contributed by atoms with Crippen LogP contribution in [0.2, 0.25) is 0 Å². The zero-order valence-corrected chi connectivity index (χ0v) is 9.56. The molecule has 3 heteroatoms. The number of hydrogen-bond acceptors (Lipinski definition) is 3. The van der Waals surface area contributed by atoms with Crippen molar-refractivity contribution in [3.63, 3.8) is 0 Å². The van der Waals surface area contributed by atoms with E-state index in [0.717, 1.165) is 19.8 Å². The van der Waals surface area contributed by atoms with Crippen molar-refractivity contribution in [2.24, 2.45) is 0 Å². The second-order valence-electron chi connectivity index (χ2n) is 3.78. The van der Waals surface area contributed by atoms with Crippen molar-refractivity contribution < 1.29 is 4.74 Å². The van der Waals surface area contributed by atoms with Gasteiger partial charge in [0.05, 0.1) is 13.2 Å². The molecular weight excluding hydrogens is 194 g/mol. The number of aryl methyl sites for hydroxylation is 1. The largest absolute Gasteiger partial charge is 0.379 e. The highest BCUT2D eigenvalue weighted by Crippen LogP contribution is 2.31. The molecule has 2 rings (SSSR count). The van der Waals surface area contributed by atoms with Crippen LogP contribution in [-0.4, -0.2) is 25.8 Å². The SMILES string of the molecule is CCNC1COCC1c1sccc1C. The van der Waals surface area contributed by atoms with Crippen molar-refractivity contribution in [1.82, 2.24) is 5.32 Å². The Morgan fingerprint density at radius 2 is 2.43 bits per heavy atom. The van der Waals surface area contributed by atoms with Crippen LogP contribution in [0, 0.1) is 6.92 Å². The molecule has 0 saturated carbocycles. The molecule has 2 unspecified atom stereocenters. The van der Waals surface area contributed by atoms with Crippen molar-refractivity contribution in [3.8, 4) is 0 Å². The molecule has 1 N–H and O–H groups in total. The minimum Gasteiger partial charge on any atom is -0.379 e. The average molecular weight is 211 g/mol. The molecule has 14 heavy (non-hydrogen) atoms. The Kier molecular flexibility index (Phi) is 3.21. The van der Waals surface area contributed by atoms with Crippen LogP contribution in [0.25, 0.3) is 0 Å². The molecule has 0 aliphatic carbocycles. The quantitative estimate of drug-likeness (QED) is 0.827. The summed E-state index contributed by atoms with van der Waals surface area (Å²) in [5.74, 6) is 0.565. The first-order valence-corrected chi connectivity index (χ1v) is 6.06. The van der Waals surface area contributed by atoms with E-state index in [-0.39, 0.29) is 0 Å². The van der Waals surface area contributed by atoms with Crippen LogP contribution in [0.15, 0.2) is 11.4 Å². The van der Waals surface area contributed by atoms with Gasteiger partial charge < -0.3 is 10.1 Å². The Morgan fingerprint density at radius 3 is 3.07 bits per heavy atom. The third kappa shape index (κ3) is 1.85. The fourth-order valence-corrected chi connectivity index (χ4v) is 3.12. The molecule has 0 aromatic carbocycles. The molecule has 1 fully saturated rings. The van der Waals surface area contributed by atoms with Crippen molar-refractivity contribution in [1.29, 1.82) is 0 Å². The van der Waals surface area contributed by atoms with Gasteiger partial charge >= 0.3 is 0 Å². The molecule has 0 radical (unpaired) electrons. The normalized spacial score (nSPS) is 27.0. The molecule has 0 spiro atoms. The summed E-state index contributed by atoms with van der Waals surface area (Å²) in [7, 11) is 0. The van der Waals surface area contributed by atoms with Crippen LogP contribution in [-0.2, 0) is 4.74 Å². The molecule has 1 saturated heterocycles. The summed E-state index contributed by atoms with van der Waals surface area (Å²) in [6, 6.07) is 2.71. The van der Waals surface area contributed by atoms with E-state index in [1.54, 1.807) is 0 Å². The molecule has 2 nitrogen and oxygen atoms in total. The van der Waals surface area contributed by atoms with E-state index in [2.05, 4.69) is 30.6 Å². The van der Waals surface area contributed by atoms with Crippen molar-refractivity contribution in [3.05, 3.63) is 21.9 Å². The van der Waals surface area contributed by atoms with Crippen LogP contribution in [0.1, 0.15) is 23.3 Å². The third-order valence-electron chi connectivity index (χ3n) is 2.79. The van der Waals surface area contributed by atoms with Gasteiger partial charge in [-0.15, -0.1) is 11.3 Å². The molecule has 0 amide bonds. The Labute approximate surface area is 89.3 Å². The number of thiophene rings is 1. The van der Waals surface area contributed by atoms with Gasteiger partial charge in [0.25, 0.3) is 0 Å². The zero-order valence-electron chi connectivity index (χ0n) is 8.75. The Balaban J connectivity index is 2.13. The van der Waals surface area contributed by atoms with Crippen LogP contribution < -0.4 is 5.32 Å². The first-order chi connectivity index (χ1) is 6.83. The highest BCUT2D eigenvalue weighted by atomic mass is 32.1. The average Bonchev–Trinajstić information content (AvgIpc) is 2.74. The molecule has 1 aromatic heterocycles. The predicted octanol–water partition coefficient (Wildman–Crippen LogP) is 2.15. The zero-order chi connectivity index (χ0) is 9.97. The van der Waals surface area contributed by atoms with Gasteiger partial charge in [-0.25, -0.2) is 0 Å². The van der Waals surface area contributed by atoms with E-state index < -0.39 is 0 Å². The van der Waals surface area contributed by atoms with E-state index >= 15 is 0 Å². The maximum atomic E-state index is 5.55. The van der Waals surface area contributed by atoms with Crippen LogP contribution >= 0.6 is 11.3 Å². The second-order valence-corrected chi connectivity index (χ2v) is 4.72. The Hall–Kier alpha value is -0.380. The van der Waals surface area contributed by atoms with Crippen molar-refractivity contribution in [2.45, 2.75) is 25.8 Å². The van der Waals surface area contributed by atoms with Gasteiger partial charge in [-0.05, 0) is 30.5 Å². The third-order valence-corrected chi connectivity index (χ3v) is 3.94. The van der Waals surface area contributed by atoms with Gasteiger partial charge in [-0.1, -0.05) is 6.92 Å². The summed E-state index contributed by atoms with van der Waals surface area (Å²) < 4.78 is 5.55. The van der Waals surface area contributed by atoms with Gasteiger partial charge in [-0.3, -0.25) is 0 Å². The molecule has 2 heterocycles. The summed E-state index contributed by atoms with van der Waals surface area (Å²) in [5, 5.41) is 5.66. The molecule has 78 valence electrons. The van der Waals surface area contributed by atoms with Gasteiger partial charge in [0.1, 0.15) is 0 Å². The summed E-state index contributed by atoms with van der Waals surface area (Å²) >= 11 is 1.86. The predicted molar refractivity (Wildman–Crippen MR) is 60.1 cm³/mol. The lowest BCUT2D eigenvalue weighted by Crippen LogP contribution is -2.33. The number of hydrogen-bond donors (Lipinski definition) is 1. The van der Waals surface area contributed by atoms with E-state index in [4.69, 9.17) is 4.74 Å². The molecule has 1 aromatic rings. The highest BCUT2D eigenvalue weighted by Gasteiger charge is 2.30. The summed E-state index contributed by atoms with van der Waals surface area (Å²) in [6.07, 6.45) is 0. The van der Waals surface area contributed by atoms with E-state index in [1.165, 1.54) is 10.4 Å². The smallest absolute Gasteiger partial charge is 0.0627 e. The van der Waals surface area contributed by atoms with E-state index in [0.29, 0.717) is 12.0 Å². The van der Waals surface area contributed by atoms with E-state index in [1.807, 2.05) is 11.3 Å². The van der Waals surface area contributed by atoms with Gasteiger partial charge in [-0.2, -0.15) is 0 Å². The fourth-order valence-electron chi connectivity index (χ4n) is 2.04. The van der Waals surface area contributed by atoms with Gasteiger partial charge in [0, 0.05) is 16.8 Å². The van der Waals surface area contributed by atoms with Crippen molar-refractivity contribution in [2.75, 3.05) is 19.8 Å². The lowest BCUT2D eigenvalue weighted by Gasteiger charge is -2.17. The van der Waals surface area contributed by atoms with Gasteiger partial charge in [0.15, 0.2) is 0 Å². The minimum atomic E-state index is 0.511. The lowest BCUT2D eigenvalue weighted by molar-refractivity contribution is 0.188. The molecular formula is C11H17NOS. The maximum Gasteiger partial charge on any atom is 0.0627 e. The summed E-state index contributed by atoms with van der Waals surface area (Å²) in [6.45, 7) is 7.09. The Morgan fingerprint density at radius 1 is 1.57 bits per heavy atom. The topological polar surface area (TPSA) is 21.3 Å². The van der Waals surface area contributed by atoms with Gasteiger partial charge in [0.2, 0.25) is 0 Å². The number of rotatable bonds is 3. The molecule has 1 aliphatic rings. The first-order valence-electron chi connectivity index (χ1n) is 5.18. The maximum absolute atomic E-state index is 5.55. The van der Waals surface area contributed by atoms with Crippen LogP contribution in [0.3, 0.4) is 0 Å². The second kappa shape index (κ2) is 4.43. The number of likely N-dealkylation sites (N-methyl/N-ethyl adjacent to an activating group) is 1.